The molecule has 30 heavy (non-hydrogen) atoms. The van der Waals surface area contributed by atoms with Gasteiger partial charge >= 0.3 is 0 Å². The van der Waals surface area contributed by atoms with Gasteiger partial charge in [-0.3, -0.25) is 13.8 Å². The minimum Gasteiger partial charge on any atom is -0.272 e. The molecule has 0 saturated carbocycles. The van der Waals surface area contributed by atoms with E-state index in [0.29, 0.717) is 17.7 Å². The highest BCUT2D eigenvalue weighted by Crippen LogP contribution is 2.34. The first-order valence-corrected chi connectivity index (χ1v) is 10.7. The van der Waals surface area contributed by atoms with Gasteiger partial charge in [-0.25, -0.2) is 0 Å². The molecular formula is C24H20N4OS. The molecule has 0 aliphatic rings. The molecule has 1 atom stereocenters. The van der Waals surface area contributed by atoms with Crippen molar-refractivity contribution in [1.29, 1.82) is 0 Å². The van der Waals surface area contributed by atoms with Crippen molar-refractivity contribution in [2.75, 3.05) is 0 Å². The van der Waals surface area contributed by atoms with Gasteiger partial charge in [0.15, 0.2) is 5.16 Å². The number of nitrogens with zero attached hydrogens (tertiary/aromatic N) is 4. The summed E-state index contributed by atoms with van der Waals surface area (Å²) in [6, 6.07) is 28.0. The minimum atomic E-state index is -0.0537. The van der Waals surface area contributed by atoms with Crippen LogP contribution in [0.25, 0.3) is 16.7 Å². The average molecular weight is 413 g/mol. The molecule has 5 aromatic rings. The Bertz CT molecular complexity index is 1380. The number of rotatable bonds is 5. The number of para-hydroxylation sites is 1. The Kier molecular flexibility index (Phi) is 4.85. The smallest absolute Gasteiger partial charge is 0.263 e. The van der Waals surface area contributed by atoms with Gasteiger partial charge in [-0.2, -0.15) is 0 Å². The number of fused-ring (bicyclic) bond motifs is 3. The molecule has 0 aliphatic carbocycles. The first-order chi connectivity index (χ1) is 14.7. The van der Waals surface area contributed by atoms with Crippen molar-refractivity contribution in [3.8, 4) is 0 Å². The maximum atomic E-state index is 13.3. The lowest BCUT2D eigenvalue weighted by Crippen LogP contribution is -2.24. The molecule has 5 rings (SSSR count). The molecule has 0 amide bonds. The lowest BCUT2D eigenvalue weighted by molar-refractivity contribution is 0.764. The highest BCUT2D eigenvalue weighted by molar-refractivity contribution is 7.99. The minimum absolute atomic E-state index is 0.0537. The zero-order valence-corrected chi connectivity index (χ0v) is 17.3. The number of aromatic nitrogens is 4. The van der Waals surface area contributed by atoms with Crippen molar-refractivity contribution in [1.82, 2.24) is 19.2 Å². The van der Waals surface area contributed by atoms with Gasteiger partial charge in [-0.05, 0) is 30.2 Å². The third-order valence-electron chi connectivity index (χ3n) is 5.21. The molecule has 0 spiro atoms. The predicted molar refractivity (Wildman–Crippen MR) is 121 cm³/mol. The van der Waals surface area contributed by atoms with E-state index in [1.807, 2.05) is 77.2 Å². The van der Waals surface area contributed by atoms with Crippen molar-refractivity contribution in [2.24, 2.45) is 0 Å². The molecule has 6 heteroatoms. The second-order valence-electron chi connectivity index (χ2n) is 7.18. The summed E-state index contributed by atoms with van der Waals surface area (Å²) in [5.74, 6) is 0.560. The fraction of sp³-hybridized carbons (Fsp3) is 0.125. The zero-order valence-electron chi connectivity index (χ0n) is 16.5. The van der Waals surface area contributed by atoms with Crippen molar-refractivity contribution < 1.29 is 0 Å². The van der Waals surface area contributed by atoms with Gasteiger partial charge in [0.05, 0.1) is 17.4 Å². The molecule has 0 N–H and O–H groups in total. The molecule has 148 valence electrons. The van der Waals surface area contributed by atoms with Crippen LogP contribution < -0.4 is 5.56 Å². The molecule has 0 aliphatic heterocycles. The van der Waals surface area contributed by atoms with Gasteiger partial charge in [0, 0.05) is 5.25 Å². The van der Waals surface area contributed by atoms with Crippen molar-refractivity contribution >= 4 is 28.4 Å². The largest absolute Gasteiger partial charge is 0.272 e. The van der Waals surface area contributed by atoms with Crippen LogP contribution in [-0.4, -0.2) is 19.2 Å². The van der Waals surface area contributed by atoms with Crippen LogP contribution in [0.3, 0.4) is 0 Å². The highest BCUT2D eigenvalue weighted by atomic mass is 32.2. The quantitative estimate of drug-likeness (QED) is 0.384. The van der Waals surface area contributed by atoms with Gasteiger partial charge in [0.2, 0.25) is 5.78 Å². The van der Waals surface area contributed by atoms with Crippen LogP contribution in [0.1, 0.15) is 23.3 Å². The van der Waals surface area contributed by atoms with Crippen LogP contribution in [-0.2, 0) is 6.54 Å². The Balaban J connectivity index is 1.68. The summed E-state index contributed by atoms with van der Waals surface area (Å²) >= 11 is 1.64. The normalized spacial score (nSPS) is 12.4. The van der Waals surface area contributed by atoms with E-state index in [2.05, 4.69) is 29.3 Å². The number of hydrogen-bond acceptors (Lipinski definition) is 4. The van der Waals surface area contributed by atoms with Crippen LogP contribution in [0.4, 0.5) is 0 Å². The monoisotopic (exact) mass is 412 g/mol. The van der Waals surface area contributed by atoms with Gasteiger partial charge in [0.25, 0.3) is 5.56 Å². The average Bonchev–Trinajstić information content (AvgIpc) is 3.21. The Morgan fingerprint density at radius 3 is 2.30 bits per heavy atom. The number of benzene rings is 3. The topological polar surface area (TPSA) is 52.2 Å². The molecule has 2 heterocycles. The summed E-state index contributed by atoms with van der Waals surface area (Å²) in [6.45, 7) is 2.61. The molecular weight excluding hydrogens is 392 g/mol. The van der Waals surface area contributed by atoms with Crippen LogP contribution in [0.15, 0.2) is 94.9 Å². The molecule has 3 aromatic carbocycles. The van der Waals surface area contributed by atoms with E-state index >= 15 is 0 Å². The van der Waals surface area contributed by atoms with Crippen LogP contribution >= 0.6 is 11.8 Å². The second kappa shape index (κ2) is 7.80. The molecule has 0 radical (unpaired) electrons. The molecule has 5 nitrogen and oxygen atoms in total. The van der Waals surface area contributed by atoms with Gasteiger partial charge in [-0.15, -0.1) is 10.2 Å². The second-order valence-corrected chi connectivity index (χ2v) is 8.49. The van der Waals surface area contributed by atoms with E-state index in [-0.39, 0.29) is 10.8 Å². The van der Waals surface area contributed by atoms with Crippen LogP contribution in [0, 0.1) is 0 Å². The van der Waals surface area contributed by atoms with E-state index in [1.165, 1.54) is 5.56 Å². The summed E-state index contributed by atoms with van der Waals surface area (Å²) in [6.07, 6.45) is 0. The van der Waals surface area contributed by atoms with Crippen LogP contribution in [0.5, 0.6) is 0 Å². The first kappa shape index (κ1) is 18.6. The third-order valence-corrected chi connectivity index (χ3v) is 6.31. The lowest BCUT2D eigenvalue weighted by Gasteiger charge is -2.13. The maximum absolute atomic E-state index is 13.3. The maximum Gasteiger partial charge on any atom is 0.263 e. The third kappa shape index (κ3) is 3.29. The zero-order chi connectivity index (χ0) is 20.5. The van der Waals surface area contributed by atoms with Crippen molar-refractivity contribution in [2.45, 2.75) is 23.9 Å². The summed E-state index contributed by atoms with van der Waals surface area (Å²) in [5.41, 5.74) is 3.05. The van der Waals surface area contributed by atoms with Crippen molar-refractivity contribution in [3.05, 3.63) is 106 Å². The fourth-order valence-corrected chi connectivity index (χ4v) is 4.65. The number of hydrogen-bond donors (Lipinski definition) is 0. The van der Waals surface area contributed by atoms with Crippen LogP contribution in [0.2, 0.25) is 0 Å². The molecule has 2 aromatic heterocycles. The Morgan fingerprint density at radius 2 is 1.53 bits per heavy atom. The van der Waals surface area contributed by atoms with Gasteiger partial charge in [0.1, 0.15) is 0 Å². The van der Waals surface area contributed by atoms with E-state index in [4.69, 9.17) is 0 Å². The van der Waals surface area contributed by atoms with Gasteiger partial charge in [-0.1, -0.05) is 84.6 Å². The van der Waals surface area contributed by atoms with Crippen molar-refractivity contribution in [3.63, 3.8) is 0 Å². The molecule has 1 unspecified atom stereocenters. The number of thioether (sulfide) groups is 1. The van der Waals surface area contributed by atoms with Gasteiger partial charge < -0.3 is 0 Å². The summed E-state index contributed by atoms with van der Waals surface area (Å²) in [7, 11) is 0. The van der Waals surface area contributed by atoms with E-state index in [1.54, 1.807) is 16.3 Å². The molecule has 0 saturated heterocycles. The first-order valence-electron chi connectivity index (χ1n) is 9.84. The predicted octanol–water partition coefficient (Wildman–Crippen LogP) is 4.95. The highest BCUT2D eigenvalue weighted by Gasteiger charge is 2.19. The summed E-state index contributed by atoms with van der Waals surface area (Å²) in [4.78, 5) is 13.3. The SMILES string of the molecule is CC(Sc1nnc2n(Cc3ccccc3)c(=O)c3ccccc3n12)c1ccccc1. The van der Waals surface area contributed by atoms with E-state index in [0.717, 1.165) is 16.2 Å². The molecule has 0 bridgehead atoms. The molecule has 0 fully saturated rings. The summed E-state index contributed by atoms with van der Waals surface area (Å²) < 4.78 is 3.71. The Hall–Kier alpha value is -3.38. The standard InChI is InChI=1S/C24H20N4OS/c1-17(19-12-6-3-7-13-19)30-24-26-25-23-27(16-18-10-4-2-5-11-18)22(29)20-14-8-9-15-21(20)28(23)24/h2-15,17H,16H2,1H3. The lowest BCUT2D eigenvalue weighted by atomic mass is 10.2. The van der Waals surface area contributed by atoms with E-state index < -0.39 is 0 Å². The summed E-state index contributed by atoms with van der Waals surface area (Å²) in [5, 5.41) is 10.5. The Morgan fingerprint density at radius 1 is 0.867 bits per heavy atom. The fourth-order valence-electron chi connectivity index (χ4n) is 3.67. The Labute approximate surface area is 178 Å². The van der Waals surface area contributed by atoms with E-state index in [9.17, 15) is 4.79 Å².